The van der Waals surface area contributed by atoms with E-state index < -0.39 is 5.97 Å². The molecule has 0 aliphatic rings. The predicted molar refractivity (Wildman–Crippen MR) is 78.8 cm³/mol. The molecule has 1 aromatic heterocycles. The van der Waals surface area contributed by atoms with Gasteiger partial charge >= 0.3 is 5.97 Å². The minimum Gasteiger partial charge on any atom is -0.481 e. The number of aromatic nitrogens is 2. The highest BCUT2D eigenvalue weighted by Crippen LogP contribution is 2.26. The summed E-state index contributed by atoms with van der Waals surface area (Å²) in [7, 11) is 0. The second-order valence-corrected chi connectivity index (χ2v) is 5.40. The van der Waals surface area contributed by atoms with E-state index in [4.69, 9.17) is 5.11 Å². The molecular weight excluding hydrogens is 252 g/mol. The van der Waals surface area contributed by atoms with Crippen molar-refractivity contribution in [2.75, 3.05) is 0 Å². The lowest BCUT2D eigenvalue weighted by Crippen LogP contribution is -1.97. The Morgan fingerprint density at radius 1 is 1.35 bits per heavy atom. The quantitative estimate of drug-likeness (QED) is 0.875. The zero-order valence-electron chi connectivity index (χ0n) is 12.1. The number of carbonyl (C=O) groups is 1. The largest absolute Gasteiger partial charge is 0.481 e. The minimum absolute atomic E-state index is 0.118. The first kappa shape index (κ1) is 14.3. The highest BCUT2D eigenvalue weighted by Gasteiger charge is 2.10. The Morgan fingerprint density at radius 3 is 2.75 bits per heavy atom. The summed E-state index contributed by atoms with van der Waals surface area (Å²) >= 11 is 0. The van der Waals surface area contributed by atoms with E-state index in [9.17, 15) is 4.79 Å². The van der Waals surface area contributed by atoms with Crippen LogP contribution in [0.15, 0.2) is 24.3 Å². The molecule has 0 fully saturated rings. The fourth-order valence-electron chi connectivity index (χ4n) is 2.14. The van der Waals surface area contributed by atoms with Crippen LogP contribution in [0.25, 0.3) is 11.3 Å². The van der Waals surface area contributed by atoms with Gasteiger partial charge in [-0.05, 0) is 42.5 Å². The molecule has 0 amide bonds. The second kappa shape index (κ2) is 5.90. The Balaban J connectivity index is 2.27. The third kappa shape index (κ3) is 3.26. The second-order valence-electron chi connectivity index (χ2n) is 5.40. The van der Waals surface area contributed by atoms with Crippen molar-refractivity contribution in [3.63, 3.8) is 0 Å². The van der Waals surface area contributed by atoms with Gasteiger partial charge in [0, 0.05) is 11.3 Å². The van der Waals surface area contributed by atoms with Crippen molar-refractivity contribution < 1.29 is 9.90 Å². The van der Waals surface area contributed by atoms with Crippen LogP contribution in [0.4, 0.5) is 0 Å². The van der Waals surface area contributed by atoms with Crippen molar-refractivity contribution in [3.8, 4) is 11.3 Å². The predicted octanol–water partition coefficient (Wildman–Crippen LogP) is 3.53. The van der Waals surface area contributed by atoms with Crippen LogP contribution in [-0.2, 0) is 11.2 Å². The van der Waals surface area contributed by atoms with Crippen molar-refractivity contribution in [1.82, 2.24) is 10.2 Å². The molecule has 4 heteroatoms. The third-order valence-electron chi connectivity index (χ3n) is 3.44. The lowest BCUT2D eigenvalue weighted by Gasteiger charge is -2.09. The Bertz CT molecular complexity index is 615. The summed E-state index contributed by atoms with van der Waals surface area (Å²) in [5, 5.41) is 15.9. The van der Waals surface area contributed by atoms with E-state index in [1.165, 1.54) is 11.1 Å². The maximum Gasteiger partial charge on any atom is 0.303 e. The Hall–Kier alpha value is -2.10. The normalized spacial score (nSPS) is 11.0. The van der Waals surface area contributed by atoms with Gasteiger partial charge in [0.25, 0.3) is 0 Å². The molecule has 106 valence electrons. The van der Waals surface area contributed by atoms with Crippen LogP contribution < -0.4 is 0 Å². The molecule has 0 saturated heterocycles. The van der Waals surface area contributed by atoms with Gasteiger partial charge in [-0.2, -0.15) is 5.10 Å². The Labute approximate surface area is 118 Å². The molecule has 2 aromatic rings. The molecule has 0 spiro atoms. The number of hydrogen-bond donors (Lipinski definition) is 2. The van der Waals surface area contributed by atoms with E-state index in [1.807, 2.05) is 6.07 Å². The van der Waals surface area contributed by atoms with Crippen LogP contribution in [0, 0.1) is 6.92 Å². The van der Waals surface area contributed by atoms with E-state index in [1.54, 1.807) is 0 Å². The Kier molecular flexibility index (Phi) is 4.23. The number of benzene rings is 1. The molecule has 20 heavy (non-hydrogen) atoms. The summed E-state index contributed by atoms with van der Waals surface area (Å²) in [6.07, 6.45) is 0.595. The van der Waals surface area contributed by atoms with E-state index in [2.05, 4.69) is 49.2 Å². The maximum atomic E-state index is 10.6. The number of carboxylic acid groups (broad SMARTS) is 1. The third-order valence-corrected chi connectivity index (χ3v) is 3.44. The number of H-pyrrole nitrogens is 1. The van der Waals surface area contributed by atoms with Crippen molar-refractivity contribution in [2.24, 2.45) is 0 Å². The van der Waals surface area contributed by atoms with Crippen molar-refractivity contribution in [1.29, 1.82) is 0 Å². The summed E-state index contributed by atoms with van der Waals surface area (Å²) in [5.74, 6) is -0.320. The summed E-state index contributed by atoms with van der Waals surface area (Å²) < 4.78 is 0. The van der Waals surface area contributed by atoms with Crippen molar-refractivity contribution >= 4 is 5.97 Å². The van der Waals surface area contributed by atoms with Gasteiger partial charge in [-0.3, -0.25) is 9.89 Å². The molecule has 4 nitrogen and oxygen atoms in total. The molecule has 1 aromatic carbocycles. The average Bonchev–Trinajstić information content (AvgIpc) is 2.85. The Morgan fingerprint density at radius 2 is 2.10 bits per heavy atom. The number of carboxylic acids is 1. The number of aliphatic carboxylic acids is 1. The minimum atomic E-state index is -0.792. The van der Waals surface area contributed by atoms with Crippen LogP contribution >= 0.6 is 0 Å². The number of hydrogen-bond acceptors (Lipinski definition) is 2. The molecule has 1 heterocycles. The van der Waals surface area contributed by atoms with Gasteiger partial charge in [-0.1, -0.05) is 26.0 Å². The van der Waals surface area contributed by atoms with E-state index >= 15 is 0 Å². The molecule has 0 aliphatic heterocycles. The SMILES string of the molecule is Cc1ccc(C(C)C)cc1-c1cc(CCC(=O)O)[nH]n1. The first-order chi connectivity index (χ1) is 9.47. The van der Waals surface area contributed by atoms with Crippen LogP contribution in [-0.4, -0.2) is 21.3 Å². The van der Waals surface area contributed by atoms with E-state index in [0.717, 1.165) is 17.0 Å². The van der Waals surface area contributed by atoms with Gasteiger partial charge < -0.3 is 5.11 Å². The molecular formula is C16H20N2O2. The first-order valence-electron chi connectivity index (χ1n) is 6.84. The van der Waals surface area contributed by atoms with Crippen molar-refractivity contribution in [2.45, 2.75) is 39.5 Å². The molecule has 0 unspecified atom stereocenters. The van der Waals surface area contributed by atoms with Gasteiger partial charge in [0.05, 0.1) is 12.1 Å². The number of aryl methyl sites for hydroxylation is 2. The lowest BCUT2D eigenvalue weighted by molar-refractivity contribution is -0.136. The van der Waals surface area contributed by atoms with Gasteiger partial charge in [0.1, 0.15) is 0 Å². The monoisotopic (exact) mass is 272 g/mol. The first-order valence-corrected chi connectivity index (χ1v) is 6.84. The molecule has 0 radical (unpaired) electrons. The zero-order chi connectivity index (χ0) is 14.7. The van der Waals surface area contributed by atoms with E-state index in [0.29, 0.717) is 12.3 Å². The summed E-state index contributed by atoms with van der Waals surface area (Å²) in [6, 6.07) is 8.35. The van der Waals surface area contributed by atoms with Gasteiger partial charge in [-0.25, -0.2) is 0 Å². The molecule has 0 aliphatic carbocycles. The molecule has 0 atom stereocenters. The van der Waals surface area contributed by atoms with Crippen molar-refractivity contribution in [3.05, 3.63) is 41.1 Å². The standard InChI is InChI=1S/C16H20N2O2/c1-10(2)12-5-4-11(3)14(8-12)15-9-13(17-18-15)6-7-16(19)20/h4-5,8-10H,6-7H2,1-3H3,(H,17,18)(H,19,20). The van der Waals surface area contributed by atoms with Crippen LogP contribution in [0.5, 0.6) is 0 Å². The summed E-state index contributed by atoms with van der Waals surface area (Å²) in [6.45, 7) is 6.39. The summed E-state index contributed by atoms with van der Waals surface area (Å²) in [4.78, 5) is 10.6. The number of aromatic amines is 1. The average molecular weight is 272 g/mol. The van der Waals surface area contributed by atoms with Gasteiger partial charge in [0.2, 0.25) is 0 Å². The number of nitrogens with zero attached hydrogens (tertiary/aromatic N) is 1. The number of rotatable bonds is 5. The molecule has 0 bridgehead atoms. The molecule has 0 saturated carbocycles. The maximum absolute atomic E-state index is 10.6. The highest BCUT2D eigenvalue weighted by atomic mass is 16.4. The van der Waals surface area contributed by atoms with Crippen LogP contribution in [0.3, 0.4) is 0 Å². The topological polar surface area (TPSA) is 66.0 Å². The smallest absolute Gasteiger partial charge is 0.303 e. The van der Waals surface area contributed by atoms with Crippen LogP contribution in [0.2, 0.25) is 0 Å². The zero-order valence-corrected chi connectivity index (χ0v) is 12.1. The summed E-state index contributed by atoms with van der Waals surface area (Å²) in [5.41, 5.74) is 5.29. The fourth-order valence-corrected chi connectivity index (χ4v) is 2.14. The van der Waals surface area contributed by atoms with Gasteiger partial charge in [-0.15, -0.1) is 0 Å². The lowest BCUT2D eigenvalue weighted by atomic mass is 9.96. The highest BCUT2D eigenvalue weighted by molar-refractivity contribution is 5.67. The molecule has 2 N–H and O–H groups in total. The molecule has 2 rings (SSSR count). The van der Waals surface area contributed by atoms with E-state index in [-0.39, 0.29) is 6.42 Å². The van der Waals surface area contributed by atoms with Crippen LogP contribution in [0.1, 0.15) is 43.0 Å². The van der Waals surface area contributed by atoms with Gasteiger partial charge in [0.15, 0.2) is 0 Å². The fraction of sp³-hybridized carbons (Fsp3) is 0.375. The number of nitrogens with one attached hydrogen (secondary N) is 1.